The van der Waals surface area contributed by atoms with Crippen molar-refractivity contribution in [2.24, 2.45) is 0 Å². The van der Waals surface area contributed by atoms with Gasteiger partial charge in [0.05, 0.1) is 0 Å². The Kier molecular flexibility index (Phi) is 6.27. The van der Waals surface area contributed by atoms with Crippen LogP contribution in [0.4, 0.5) is 0 Å². The molecule has 24 heavy (non-hydrogen) atoms. The number of carbonyl (C=O) groups is 1. The molecule has 0 radical (unpaired) electrons. The molecule has 122 valence electrons. The molecule has 1 nitrogen and oxygen atoms in total. The molecule has 0 bridgehead atoms. The first-order valence-corrected chi connectivity index (χ1v) is 10.2. The third-order valence-electron chi connectivity index (χ3n) is 4.15. The van der Waals surface area contributed by atoms with Gasteiger partial charge < -0.3 is 0 Å². The van der Waals surface area contributed by atoms with E-state index in [1.165, 1.54) is 7.14 Å². The average molecular weight is 540 g/mol. The predicted molar refractivity (Wildman–Crippen MR) is 118 cm³/mol. The topological polar surface area (TPSA) is 17.1 Å². The van der Waals surface area contributed by atoms with Crippen LogP contribution in [0.5, 0.6) is 0 Å². The highest BCUT2D eigenvalue weighted by molar-refractivity contribution is 14.1. The molecule has 0 unspecified atom stereocenters. The zero-order valence-electron chi connectivity index (χ0n) is 13.3. The van der Waals surface area contributed by atoms with Gasteiger partial charge in [0, 0.05) is 18.3 Å². The Morgan fingerprint density at radius 3 is 1.42 bits per heavy atom. The van der Waals surface area contributed by atoms with Crippen LogP contribution in [0.2, 0.25) is 0 Å². The third kappa shape index (κ3) is 4.79. The Morgan fingerprint density at radius 1 is 0.667 bits per heavy atom. The largest absolute Gasteiger partial charge is 0.289 e. The molecule has 1 fully saturated rings. The second kappa shape index (κ2) is 8.43. The van der Waals surface area contributed by atoms with Gasteiger partial charge in [-0.2, -0.15) is 0 Å². The summed E-state index contributed by atoms with van der Waals surface area (Å²) in [7, 11) is 0. The van der Waals surface area contributed by atoms with Crippen molar-refractivity contribution < 1.29 is 4.79 Å². The SMILES string of the molecule is O=C1/C(=C/c2ccc(I)cc2)CCCC/C1=C\c1ccc(I)cc1. The lowest BCUT2D eigenvalue weighted by molar-refractivity contribution is -0.112. The van der Waals surface area contributed by atoms with Crippen molar-refractivity contribution in [3.8, 4) is 0 Å². The number of carbonyl (C=O) groups excluding carboxylic acids is 1. The van der Waals surface area contributed by atoms with Gasteiger partial charge in [-0.05, 0) is 118 Å². The van der Waals surface area contributed by atoms with Crippen LogP contribution >= 0.6 is 45.2 Å². The Labute approximate surface area is 170 Å². The highest BCUT2D eigenvalue weighted by Crippen LogP contribution is 2.27. The first kappa shape index (κ1) is 17.9. The maximum absolute atomic E-state index is 12.9. The number of halogens is 2. The van der Waals surface area contributed by atoms with Crippen molar-refractivity contribution in [2.75, 3.05) is 0 Å². The van der Waals surface area contributed by atoms with Gasteiger partial charge in [0.1, 0.15) is 0 Å². The van der Waals surface area contributed by atoms with Crippen LogP contribution in [0.1, 0.15) is 36.8 Å². The lowest BCUT2D eigenvalue weighted by Crippen LogP contribution is -2.04. The number of rotatable bonds is 2. The van der Waals surface area contributed by atoms with Crippen LogP contribution in [-0.2, 0) is 4.79 Å². The van der Waals surface area contributed by atoms with Crippen molar-refractivity contribution in [1.29, 1.82) is 0 Å². The monoisotopic (exact) mass is 540 g/mol. The lowest BCUT2D eigenvalue weighted by Gasteiger charge is -2.06. The fraction of sp³-hybridized carbons (Fsp3) is 0.190. The Hall–Kier alpha value is -0.950. The summed E-state index contributed by atoms with van der Waals surface area (Å²) in [5.41, 5.74) is 4.08. The molecule has 3 rings (SSSR count). The zero-order chi connectivity index (χ0) is 16.9. The van der Waals surface area contributed by atoms with E-state index in [0.29, 0.717) is 0 Å². The second-order valence-corrected chi connectivity index (χ2v) is 8.47. The van der Waals surface area contributed by atoms with E-state index in [-0.39, 0.29) is 5.78 Å². The molecule has 0 amide bonds. The third-order valence-corrected chi connectivity index (χ3v) is 5.59. The van der Waals surface area contributed by atoms with E-state index >= 15 is 0 Å². The normalized spacial score (nSPS) is 18.8. The van der Waals surface area contributed by atoms with Gasteiger partial charge in [0.2, 0.25) is 0 Å². The predicted octanol–water partition coefficient (Wildman–Crippen LogP) is 6.51. The molecule has 0 saturated heterocycles. The molecular formula is C21H18I2O. The molecule has 0 atom stereocenters. The average Bonchev–Trinajstić information content (AvgIpc) is 2.75. The molecule has 1 saturated carbocycles. The quantitative estimate of drug-likeness (QED) is 0.242. The summed E-state index contributed by atoms with van der Waals surface area (Å²) in [6.45, 7) is 0. The van der Waals surface area contributed by atoms with E-state index in [1.54, 1.807) is 0 Å². The van der Waals surface area contributed by atoms with Gasteiger partial charge in [-0.25, -0.2) is 0 Å². The Bertz CT molecular complexity index is 716. The van der Waals surface area contributed by atoms with Crippen LogP contribution in [0.3, 0.4) is 0 Å². The summed E-state index contributed by atoms with van der Waals surface area (Å²) in [5.74, 6) is 0.213. The van der Waals surface area contributed by atoms with Crippen LogP contribution in [0, 0.1) is 7.14 Å². The maximum Gasteiger partial charge on any atom is 0.185 e. The smallest absolute Gasteiger partial charge is 0.185 e. The number of allylic oxidation sites excluding steroid dienone is 2. The van der Waals surface area contributed by atoms with E-state index in [1.807, 2.05) is 0 Å². The van der Waals surface area contributed by atoms with Gasteiger partial charge in [-0.1, -0.05) is 24.3 Å². The Morgan fingerprint density at radius 2 is 1.04 bits per heavy atom. The standard InChI is InChI=1S/C21H18I2O/c22-19-9-5-15(6-10-19)13-17-3-1-2-4-18(21(17)24)14-16-7-11-20(23)12-8-16/h5-14H,1-4H2/b17-13+,18-14+. The van der Waals surface area contributed by atoms with Gasteiger partial charge in [0.15, 0.2) is 5.78 Å². The summed E-state index contributed by atoms with van der Waals surface area (Å²) in [4.78, 5) is 12.9. The van der Waals surface area contributed by atoms with E-state index in [0.717, 1.165) is 48.0 Å². The minimum atomic E-state index is 0.213. The zero-order valence-corrected chi connectivity index (χ0v) is 17.6. The summed E-state index contributed by atoms with van der Waals surface area (Å²) in [5, 5.41) is 0. The molecule has 0 spiro atoms. The van der Waals surface area contributed by atoms with Crippen molar-refractivity contribution in [2.45, 2.75) is 25.7 Å². The molecule has 3 heteroatoms. The van der Waals surface area contributed by atoms with Gasteiger partial charge >= 0.3 is 0 Å². The van der Waals surface area contributed by atoms with Gasteiger partial charge in [-0.15, -0.1) is 0 Å². The van der Waals surface area contributed by atoms with Gasteiger partial charge in [0.25, 0.3) is 0 Å². The molecule has 0 N–H and O–H groups in total. The summed E-state index contributed by atoms with van der Waals surface area (Å²) in [6, 6.07) is 16.6. The summed E-state index contributed by atoms with van der Waals surface area (Å²) in [6.07, 6.45) is 8.01. The minimum absolute atomic E-state index is 0.213. The summed E-state index contributed by atoms with van der Waals surface area (Å²) < 4.78 is 2.42. The molecule has 0 aliphatic heterocycles. The van der Waals surface area contributed by atoms with E-state index in [9.17, 15) is 4.79 Å². The molecule has 0 heterocycles. The van der Waals surface area contributed by atoms with E-state index in [4.69, 9.17) is 0 Å². The van der Waals surface area contributed by atoms with Crippen molar-refractivity contribution >= 4 is 63.1 Å². The molecular weight excluding hydrogens is 522 g/mol. The van der Waals surface area contributed by atoms with Crippen molar-refractivity contribution in [3.63, 3.8) is 0 Å². The number of hydrogen-bond donors (Lipinski definition) is 0. The van der Waals surface area contributed by atoms with Crippen LogP contribution in [0.15, 0.2) is 59.7 Å². The highest BCUT2D eigenvalue weighted by atomic mass is 127. The van der Waals surface area contributed by atoms with Gasteiger partial charge in [-0.3, -0.25) is 4.79 Å². The first-order valence-electron chi connectivity index (χ1n) is 8.09. The van der Waals surface area contributed by atoms with Crippen LogP contribution < -0.4 is 0 Å². The highest BCUT2D eigenvalue weighted by Gasteiger charge is 2.18. The maximum atomic E-state index is 12.9. The van der Waals surface area contributed by atoms with E-state index in [2.05, 4.69) is 106 Å². The number of Topliss-reactive ketones (excluding diaryl/α,β-unsaturated/α-hetero) is 1. The van der Waals surface area contributed by atoms with E-state index < -0.39 is 0 Å². The molecule has 2 aromatic carbocycles. The van der Waals surface area contributed by atoms with Crippen LogP contribution in [0.25, 0.3) is 12.2 Å². The molecule has 0 aromatic heterocycles. The number of benzene rings is 2. The minimum Gasteiger partial charge on any atom is -0.289 e. The molecule has 1 aliphatic carbocycles. The van der Waals surface area contributed by atoms with Crippen LogP contribution in [-0.4, -0.2) is 5.78 Å². The second-order valence-electron chi connectivity index (χ2n) is 5.98. The first-order chi connectivity index (χ1) is 11.6. The fourth-order valence-corrected chi connectivity index (χ4v) is 3.58. The number of ketones is 1. The number of hydrogen-bond acceptors (Lipinski definition) is 1. The molecule has 2 aromatic rings. The molecule has 1 aliphatic rings. The summed E-state index contributed by atoms with van der Waals surface area (Å²) >= 11 is 4.60. The lowest BCUT2D eigenvalue weighted by atomic mass is 9.98. The van der Waals surface area contributed by atoms with Crippen molar-refractivity contribution in [1.82, 2.24) is 0 Å². The Balaban J connectivity index is 1.90. The van der Waals surface area contributed by atoms with Crippen molar-refractivity contribution in [3.05, 3.63) is 77.9 Å². The fourth-order valence-electron chi connectivity index (χ4n) is 2.86.